The van der Waals surface area contributed by atoms with Crippen molar-refractivity contribution in [3.8, 4) is 11.5 Å². The third kappa shape index (κ3) is 3.67. The zero-order valence-corrected chi connectivity index (χ0v) is 14.2. The molecule has 0 saturated carbocycles. The number of rotatable bonds is 6. The lowest BCUT2D eigenvalue weighted by molar-refractivity contribution is -0.123. The van der Waals surface area contributed by atoms with Crippen LogP contribution in [0.3, 0.4) is 0 Å². The van der Waals surface area contributed by atoms with E-state index in [0.717, 1.165) is 21.5 Å². The van der Waals surface area contributed by atoms with Crippen molar-refractivity contribution >= 4 is 27.3 Å². The fourth-order valence-electron chi connectivity index (χ4n) is 2.88. The summed E-state index contributed by atoms with van der Waals surface area (Å²) in [4.78, 5) is 12.1. The molecule has 0 aliphatic rings. The Balaban J connectivity index is 1.34. The van der Waals surface area contributed by atoms with E-state index in [1.807, 2.05) is 84.9 Å². The molecule has 0 fully saturated rings. The molecule has 0 amide bonds. The number of carbonyl (C=O) groups is 1. The first-order valence-electron chi connectivity index (χ1n) is 8.53. The maximum Gasteiger partial charge on any atom is 0.207 e. The van der Waals surface area contributed by atoms with E-state index in [9.17, 15) is 4.79 Å². The molecule has 128 valence electrons. The van der Waals surface area contributed by atoms with Crippen molar-refractivity contribution in [1.82, 2.24) is 0 Å². The van der Waals surface area contributed by atoms with E-state index >= 15 is 0 Å². The molecule has 0 bridgehead atoms. The number of ketones is 1. The van der Waals surface area contributed by atoms with Gasteiger partial charge >= 0.3 is 0 Å². The van der Waals surface area contributed by atoms with Gasteiger partial charge in [0.15, 0.2) is 0 Å². The Morgan fingerprint density at radius 3 is 1.46 bits per heavy atom. The first-order valence-corrected chi connectivity index (χ1v) is 8.53. The molecule has 0 atom stereocenters. The van der Waals surface area contributed by atoms with Crippen molar-refractivity contribution in [2.75, 3.05) is 13.2 Å². The first-order chi connectivity index (χ1) is 12.8. The van der Waals surface area contributed by atoms with Crippen LogP contribution in [0, 0.1) is 0 Å². The smallest absolute Gasteiger partial charge is 0.207 e. The molecule has 3 heteroatoms. The van der Waals surface area contributed by atoms with Crippen LogP contribution < -0.4 is 9.47 Å². The molecule has 3 nitrogen and oxygen atoms in total. The summed E-state index contributed by atoms with van der Waals surface area (Å²) in [6.07, 6.45) is 0. The van der Waals surface area contributed by atoms with E-state index in [2.05, 4.69) is 0 Å². The quantitative estimate of drug-likeness (QED) is 0.493. The molecular formula is C23H18O3. The molecule has 4 rings (SSSR count). The number of hydrogen-bond donors (Lipinski definition) is 0. The highest BCUT2D eigenvalue weighted by Crippen LogP contribution is 2.21. The maximum absolute atomic E-state index is 12.1. The van der Waals surface area contributed by atoms with Crippen molar-refractivity contribution < 1.29 is 14.3 Å². The van der Waals surface area contributed by atoms with Crippen molar-refractivity contribution in [3.05, 3.63) is 84.9 Å². The van der Waals surface area contributed by atoms with Crippen LogP contribution in [0.15, 0.2) is 84.9 Å². The summed E-state index contributed by atoms with van der Waals surface area (Å²) in [5, 5.41) is 4.46. The van der Waals surface area contributed by atoms with Crippen LogP contribution in [0.25, 0.3) is 21.5 Å². The van der Waals surface area contributed by atoms with Crippen LogP contribution in [-0.2, 0) is 4.79 Å². The normalized spacial score (nSPS) is 10.8. The predicted molar refractivity (Wildman–Crippen MR) is 104 cm³/mol. The third-order valence-corrected chi connectivity index (χ3v) is 4.24. The summed E-state index contributed by atoms with van der Waals surface area (Å²) < 4.78 is 11.2. The van der Waals surface area contributed by atoms with Crippen LogP contribution in [0.2, 0.25) is 0 Å². The summed E-state index contributed by atoms with van der Waals surface area (Å²) >= 11 is 0. The minimum atomic E-state index is -0.105. The molecule has 0 aliphatic heterocycles. The Morgan fingerprint density at radius 1 is 0.577 bits per heavy atom. The van der Waals surface area contributed by atoms with Gasteiger partial charge in [-0.15, -0.1) is 0 Å². The van der Waals surface area contributed by atoms with Crippen molar-refractivity contribution in [3.63, 3.8) is 0 Å². The van der Waals surface area contributed by atoms with E-state index in [1.165, 1.54) is 0 Å². The van der Waals surface area contributed by atoms with E-state index in [-0.39, 0.29) is 19.0 Å². The highest BCUT2D eigenvalue weighted by Gasteiger charge is 2.06. The van der Waals surface area contributed by atoms with Gasteiger partial charge in [0, 0.05) is 0 Å². The molecule has 0 aromatic heterocycles. The monoisotopic (exact) mass is 342 g/mol. The van der Waals surface area contributed by atoms with Crippen LogP contribution >= 0.6 is 0 Å². The standard InChI is InChI=1S/C23H18O3/c24-21(15-25-22-11-9-17-5-1-3-7-19(17)13-22)16-26-23-12-10-18-6-2-4-8-20(18)14-23/h1-14H,15-16H2. The van der Waals surface area contributed by atoms with Gasteiger partial charge in [-0.05, 0) is 45.8 Å². The molecule has 4 aromatic carbocycles. The van der Waals surface area contributed by atoms with Gasteiger partial charge in [-0.25, -0.2) is 0 Å². The summed E-state index contributed by atoms with van der Waals surface area (Å²) in [5.74, 6) is 1.26. The second kappa shape index (κ2) is 7.28. The lowest BCUT2D eigenvalue weighted by atomic mass is 10.1. The summed E-state index contributed by atoms with van der Waals surface area (Å²) in [6, 6.07) is 27.7. The highest BCUT2D eigenvalue weighted by atomic mass is 16.5. The van der Waals surface area contributed by atoms with Gasteiger partial charge < -0.3 is 9.47 Å². The van der Waals surface area contributed by atoms with Crippen LogP contribution in [0.1, 0.15) is 0 Å². The summed E-state index contributed by atoms with van der Waals surface area (Å²) in [5.41, 5.74) is 0. The lowest BCUT2D eigenvalue weighted by Gasteiger charge is -2.09. The minimum Gasteiger partial charge on any atom is -0.486 e. The SMILES string of the molecule is O=C(COc1ccc2ccccc2c1)COc1ccc2ccccc2c1. The number of ether oxygens (including phenoxy) is 2. The second-order valence-corrected chi connectivity index (χ2v) is 6.13. The van der Waals surface area contributed by atoms with Gasteiger partial charge in [0.05, 0.1) is 0 Å². The van der Waals surface area contributed by atoms with E-state index in [0.29, 0.717) is 11.5 Å². The Labute approximate surface area is 151 Å². The van der Waals surface area contributed by atoms with Gasteiger partial charge in [-0.3, -0.25) is 4.79 Å². The molecule has 0 aliphatic carbocycles. The summed E-state index contributed by atoms with van der Waals surface area (Å²) in [6.45, 7) is -0.0160. The Kier molecular flexibility index (Phi) is 4.52. The lowest BCUT2D eigenvalue weighted by Crippen LogP contribution is -2.19. The van der Waals surface area contributed by atoms with Gasteiger partial charge in [0.1, 0.15) is 24.7 Å². The largest absolute Gasteiger partial charge is 0.486 e. The highest BCUT2D eigenvalue weighted by molar-refractivity contribution is 5.85. The van der Waals surface area contributed by atoms with Crippen LogP contribution in [0.4, 0.5) is 0 Å². The Hall–Kier alpha value is -3.33. The molecule has 0 N–H and O–H groups in total. The van der Waals surface area contributed by atoms with Crippen molar-refractivity contribution in [2.45, 2.75) is 0 Å². The van der Waals surface area contributed by atoms with Crippen LogP contribution in [0.5, 0.6) is 11.5 Å². The molecule has 0 unspecified atom stereocenters. The molecule has 0 spiro atoms. The number of hydrogen-bond acceptors (Lipinski definition) is 3. The van der Waals surface area contributed by atoms with Crippen molar-refractivity contribution in [1.29, 1.82) is 0 Å². The number of Topliss-reactive ketones (excluding diaryl/α,β-unsaturated/α-hetero) is 1. The number of fused-ring (bicyclic) bond motifs is 2. The van der Waals surface area contributed by atoms with E-state index in [4.69, 9.17) is 9.47 Å². The van der Waals surface area contributed by atoms with Gasteiger partial charge in [-0.2, -0.15) is 0 Å². The second-order valence-electron chi connectivity index (χ2n) is 6.13. The van der Waals surface area contributed by atoms with E-state index in [1.54, 1.807) is 0 Å². The zero-order chi connectivity index (χ0) is 17.8. The molecular weight excluding hydrogens is 324 g/mol. The fourth-order valence-corrected chi connectivity index (χ4v) is 2.88. The fraction of sp³-hybridized carbons (Fsp3) is 0.0870. The van der Waals surface area contributed by atoms with Gasteiger partial charge in [-0.1, -0.05) is 60.7 Å². The average molecular weight is 342 g/mol. The molecule has 26 heavy (non-hydrogen) atoms. The van der Waals surface area contributed by atoms with E-state index < -0.39 is 0 Å². The van der Waals surface area contributed by atoms with Gasteiger partial charge in [0.2, 0.25) is 5.78 Å². The Morgan fingerprint density at radius 2 is 1.00 bits per heavy atom. The predicted octanol–water partition coefficient (Wildman–Crippen LogP) is 5.02. The topological polar surface area (TPSA) is 35.5 Å². The summed E-state index contributed by atoms with van der Waals surface area (Å²) in [7, 11) is 0. The van der Waals surface area contributed by atoms with Gasteiger partial charge in [0.25, 0.3) is 0 Å². The minimum absolute atomic E-state index is 0.00801. The molecule has 0 radical (unpaired) electrons. The average Bonchev–Trinajstić information content (AvgIpc) is 2.70. The Bertz CT molecular complexity index is 984. The first kappa shape index (κ1) is 16.2. The molecule has 0 heterocycles. The number of benzene rings is 4. The third-order valence-electron chi connectivity index (χ3n) is 4.24. The molecule has 0 saturated heterocycles. The molecule has 4 aromatic rings. The zero-order valence-electron chi connectivity index (χ0n) is 14.2. The van der Waals surface area contributed by atoms with Crippen molar-refractivity contribution in [2.24, 2.45) is 0 Å². The maximum atomic E-state index is 12.1. The van der Waals surface area contributed by atoms with Crippen LogP contribution in [-0.4, -0.2) is 19.0 Å². The number of carbonyl (C=O) groups excluding carboxylic acids is 1.